The Labute approximate surface area is 78.0 Å². The van der Waals surface area contributed by atoms with Crippen LogP contribution in [0.25, 0.3) is 0 Å². The lowest BCUT2D eigenvalue weighted by Crippen LogP contribution is -2.19. The fourth-order valence-electron chi connectivity index (χ4n) is 1.36. The maximum atomic E-state index is 5.33. The van der Waals surface area contributed by atoms with Gasteiger partial charge in [0.1, 0.15) is 0 Å². The minimum atomic E-state index is 0.772. The zero-order valence-electron chi connectivity index (χ0n) is 7.57. The molecule has 0 saturated carbocycles. The van der Waals surface area contributed by atoms with Gasteiger partial charge >= 0.3 is 0 Å². The summed E-state index contributed by atoms with van der Waals surface area (Å²) in [7, 11) is 0. The third-order valence-electron chi connectivity index (χ3n) is 2.08. The van der Waals surface area contributed by atoms with Crippen molar-refractivity contribution in [3.63, 3.8) is 0 Å². The molecule has 1 aromatic heterocycles. The topological polar surface area (TPSA) is 26.2 Å². The van der Waals surface area contributed by atoms with Gasteiger partial charge in [-0.3, -0.25) is 4.68 Å². The molecule has 0 aromatic carbocycles. The summed E-state index contributed by atoms with van der Waals surface area (Å²) in [5.74, 6) is 0. The summed E-state index contributed by atoms with van der Waals surface area (Å²) in [6.45, 7) is 2.51. The van der Waals surface area contributed by atoms with E-state index in [1.807, 2.05) is 29.2 Å². The number of hydrogen-bond acceptors (Lipinski definition) is 2. The molecular formula is C10H14N2O. The lowest BCUT2D eigenvalue weighted by atomic mass is 10.2. The first-order chi connectivity index (χ1) is 6.45. The molecule has 0 saturated heterocycles. The largest absolute Gasteiger partial charge is 0.377 e. The highest BCUT2D eigenvalue weighted by molar-refractivity contribution is 5.10. The van der Waals surface area contributed by atoms with Crippen LogP contribution in [0.4, 0.5) is 0 Å². The first kappa shape index (κ1) is 8.38. The van der Waals surface area contributed by atoms with Gasteiger partial charge in [-0.15, -0.1) is 0 Å². The number of rotatable bonds is 3. The predicted molar refractivity (Wildman–Crippen MR) is 52.2 cm³/mol. The summed E-state index contributed by atoms with van der Waals surface area (Å²) in [5.41, 5.74) is 4.60. The van der Waals surface area contributed by atoms with Gasteiger partial charge in [-0.2, -0.15) is 0 Å². The van der Waals surface area contributed by atoms with E-state index in [2.05, 4.69) is 11.5 Å². The van der Waals surface area contributed by atoms with Crippen molar-refractivity contribution in [2.45, 2.75) is 6.42 Å². The first-order valence-corrected chi connectivity index (χ1v) is 4.57. The molecule has 3 heteroatoms. The molecular weight excluding hydrogens is 164 g/mol. The van der Waals surface area contributed by atoms with Gasteiger partial charge in [0.15, 0.2) is 0 Å². The minimum Gasteiger partial charge on any atom is -0.377 e. The van der Waals surface area contributed by atoms with Crippen LogP contribution in [0.1, 0.15) is 6.42 Å². The van der Waals surface area contributed by atoms with E-state index in [1.54, 1.807) is 0 Å². The van der Waals surface area contributed by atoms with E-state index in [1.165, 1.54) is 5.57 Å². The molecule has 0 aliphatic carbocycles. The van der Waals surface area contributed by atoms with E-state index in [-0.39, 0.29) is 0 Å². The van der Waals surface area contributed by atoms with Crippen LogP contribution in [-0.4, -0.2) is 24.4 Å². The molecule has 13 heavy (non-hydrogen) atoms. The van der Waals surface area contributed by atoms with Gasteiger partial charge in [-0.1, -0.05) is 6.08 Å². The fourth-order valence-corrected chi connectivity index (χ4v) is 1.36. The van der Waals surface area contributed by atoms with E-state index < -0.39 is 0 Å². The van der Waals surface area contributed by atoms with E-state index in [0.29, 0.717) is 0 Å². The molecule has 1 aliphatic heterocycles. The Kier molecular flexibility index (Phi) is 2.67. The van der Waals surface area contributed by atoms with Crippen LogP contribution in [-0.2, 0) is 4.74 Å². The van der Waals surface area contributed by atoms with E-state index in [0.717, 1.165) is 26.2 Å². The molecule has 0 fully saturated rings. The highest BCUT2D eigenvalue weighted by Crippen LogP contribution is 2.04. The second kappa shape index (κ2) is 4.14. The summed E-state index contributed by atoms with van der Waals surface area (Å²) >= 11 is 0. The summed E-state index contributed by atoms with van der Waals surface area (Å²) < 4.78 is 7.29. The monoisotopic (exact) mass is 178 g/mol. The molecule has 0 radical (unpaired) electrons. The molecule has 0 unspecified atom stereocenters. The lowest BCUT2D eigenvalue weighted by molar-refractivity contribution is 0.150. The molecule has 0 bridgehead atoms. The van der Waals surface area contributed by atoms with Crippen LogP contribution in [0.5, 0.6) is 0 Å². The highest BCUT2D eigenvalue weighted by Gasteiger charge is 2.02. The average molecular weight is 178 g/mol. The average Bonchev–Trinajstić information content (AvgIpc) is 2.69. The van der Waals surface area contributed by atoms with E-state index in [4.69, 9.17) is 4.74 Å². The highest BCUT2D eigenvalue weighted by atomic mass is 16.5. The smallest absolute Gasteiger partial charge is 0.0694 e. The maximum absolute atomic E-state index is 5.33. The number of nitrogens with one attached hydrogen (secondary N) is 1. The van der Waals surface area contributed by atoms with Gasteiger partial charge in [-0.25, -0.2) is 0 Å². The molecule has 2 heterocycles. The van der Waals surface area contributed by atoms with E-state index in [9.17, 15) is 0 Å². The quantitative estimate of drug-likeness (QED) is 0.708. The van der Waals surface area contributed by atoms with Crippen molar-refractivity contribution in [3.05, 3.63) is 36.2 Å². The molecule has 0 spiro atoms. The van der Waals surface area contributed by atoms with Crippen molar-refractivity contribution < 1.29 is 4.74 Å². The lowest BCUT2D eigenvalue weighted by Gasteiger charge is -2.15. The SMILES string of the molecule is C1=C(CNn2cccc2)COCC1. The number of nitrogens with zero attached hydrogens (tertiary/aromatic N) is 1. The Balaban J connectivity index is 1.82. The van der Waals surface area contributed by atoms with Gasteiger partial charge in [0, 0.05) is 12.4 Å². The van der Waals surface area contributed by atoms with Crippen LogP contribution in [0.15, 0.2) is 36.2 Å². The van der Waals surface area contributed by atoms with Crippen LogP contribution >= 0.6 is 0 Å². The predicted octanol–water partition coefficient (Wildman–Crippen LogP) is 1.38. The normalized spacial score (nSPS) is 16.8. The Morgan fingerprint density at radius 1 is 1.38 bits per heavy atom. The standard InChI is InChI=1S/C10H14N2O/c1-2-6-12(5-1)11-8-10-4-3-7-13-9-10/h1-2,4-6,11H,3,7-9H2. The number of ether oxygens (including phenoxy) is 1. The third-order valence-corrected chi connectivity index (χ3v) is 2.08. The van der Waals surface area contributed by atoms with Crippen LogP contribution in [0, 0.1) is 0 Å². The van der Waals surface area contributed by atoms with Crippen LogP contribution in [0.3, 0.4) is 0 Å². The molecule has 3 nitrogen and oxygen atoms in total. The first-order valence-electron chi connectivity index (χ1n) is 4.57. The van der Waals surface area contributed by atoms with Crippen molar-refractivity contribution in [1.82, 2.24) is 4.68 Å². The van der Waals surface area contributed by atoms with E-state index >= 15 is 0 Å². The number of hydrogen-bond donors (Lipinski definition) is 1. The zero-order chi connectivity index (χ0) is 8.93. The molecule has 0 atom stereocenters. The summed E-state index contributed by atoms with van der Waals surface area (Å²) in [5, 5.41) is 0. The van der Waals surface area contributed by atoms with Crippen molar-refractivity contribution in [3.8, 4) is 0 Å². The summed E-state index contributed by atoms with van der Waals surface area (Å²) in [4.78, 5) is 0. The fraction of sp³-hybridized carbons (Fsp3) is 0.400. The van der Waals surface area contributed by atoms with Crippen LogP contribution in [0.2, 0.25) is 0 Å². The Morgan fingerprint density at radius 3 is 2.92 bits per heavy atom. The molecule has 1 aromatic rings. The van der Waals surface area contributed by atoms with Gasteiger partial charge in [-0.05, 0) is 24.1 Å². The molecule has 0 amide bonds. The molecule has 1 N–H and O–H groups in total. The second-order valence-corrected chi connectivity index (χ2v) is 3.13. The maximum Gasteiger partial charge on any atom is 0.0694 e. The Bertz CT molecular complexity index is 277. The minimum absolute atomic E-state index is 0.772. The van der Waals surface area contributed by atoms with Crippen molar-refractivity contribution in [2.24, 2.45) is 0 Å². The van der Waals surface area contributed by atoms with Crippen molar-refractivity contribution in [1.29, 1.82) is 0 Å². The van der Waals surface area contributed by atoms with Gasteiger partial charge in [0.05, 0.1) is 19.8 Å². The molecule has 70 valence electrons. The number of aromatic nitrogens is 1. The third kappa shape index (κ3) is 2.36. The summed E-state index contributed by atoms with van der Waals surface area (Å²) in [6.07, 6.45) is 7.27. The Hall–Kier alpha value is -1.22. The zero-order valence-corrected chi connectivity index (χ0v) is 7.57. The summed E-state index contributed by atoms with van der Waals surface area (Å²) in [6, 6.07) is 4.00. The molecule has 2 rings (SSSR count). The van der Waals surface area contributed by atoms with Crippen LogP contribution < -0.4 is 5.43 Å². The van der Waals surface area contributed by atoms with Gasteiger partial charge in [0.2, 0.25) is 0 Å². The van der Waals surface area contributed by atoms with Crippen molar-refractivity contribution in [2.75, 3.05) is 25.2 Å². The van der Waals surface area contributed by atoms with Crippen molar-refractivity contribution >= 4 is 0 Å². The van der Waals surface area contributed by atoms with Gasteiger partial charge in [0.25, 0.3) is 0 Å². The second-order valence-electron chi connectivity index (χ2n) is 3.13. The Morgan fingerprint density at radius 2 is 2.23 bits per heavy atom. The molecule has 1 aliphatic rings. The van der Waals surface area contributed by atoms with Gasteiger partial charge < -0.3 is 10.2 Å².